The summed E-state index contributed by atoms with van der Waals surface area (Å²) in [4.78, 5) is 0.310. The van der Waals surface area contributed by atoms with Gasteiger partial charge in [0.25, 0.3) is 0 Å². The topological polar surface area (TPSA) is 12.0 Å². The van der Waals surface area contributed by atoms with Crippen LogP contribution in [0.2, 0.25) is 5.02 Å². The Labute approximate surface area is 92.6 Å². The van der Waals surface area contributed by atoms with Crippen molar-refractivity contribution >= 4 is 33.2 Å². The fourth-order valence-electron chi connectivity index (χ4n) is 1.02. The van der Waals surface area contributed by atoms with Gasteiger partial charge in [-0.2, -0.15) is 0 Å². The van der Waals surface area contributed by atoms with Gasteiger partial charge in [0.1, 0.15) is 0 Å². The van der Waals surface area contributed by atoms with Crippen LogP contribution in [0.4, 0.5) is 5.69 Å². The molecule has 13 heavy (non-hydrogen) atoms. The second-order valence-electron chi connectivity index (χ2n) is 2.98. The zero-order chi connectivity index (χ0) is 9.84. The van der Waals surface area contributed by atoms with Gasteiger partial charge in [0, 0.05) is 10.7 Å². The van der Waals surface area contributed by atoms with Crippen molar-refractivity contribution in [3.63, 3.8) is 0 Å². The number of halogens is 2. The number of rotatable bonds is 3. The van der Waals surface area contributed by atoms with Crippen LogP contribution < -0.4 is 5.32 Å². The van der Waals surface area contributed by atoms with E-state index < -0.39 is 0 Å². The van der Waals surface area contributed by atoms with E-state index in [2.05, 4.69) is 35.1 Å². The highest BCUT2D eigenvalue weighted by molar-refractivity contribution is 9.09. The largest absolute Gasteiger partial charge is 0.372 e. The van der Waals surface area contributed by atoms with Gasteiger partial charge in [-0.05, 0) is 31.0 Å². The summed E-state index contributed by atoms with van der Waals surface area (Å²) in [5.41, 5.74) is 2.30. The Morgan fingerprint density at radius 3 is 2.85 bits per heavy atom. The van der Waals surface area contributed by atoms with E-state index in [0.717, 1.165) is 17.1 Å². The SMILES string of the molecule is CCC(Br)Nc1cc(Cl)ccc1C. The van der Waals surface area contributed by atoms with Crippen LogP contribution in [0.1, 0.15) is 18.9 Å². The van der Waals surface area contributed by atoms with Gasteiger partial charge in [-0.25, -0.2) is 0 Å². The number of anilines is 1. The van der Waals surface area contributed by atoms with Gasteiger partial charge in [0.15, 0.2) is 0 Å². The lowest BCUT2D eigenvalue weighted by Gasteiger charge is -2.13. The third kappa shape index (κ3) is 3.20. The lowest BCUT2D eigenvalue weighted by Crippen LogP contribution is -2.10. The second kappa shape index (κ2) is 4.87. The molecule has 1 aromatic rings. The number of hydrogen-bond acceptors (Lipinski definition) is 1. The van der Waals surface area contributed by atoms with Crippen molar-refractivity contribution in [1.29, 1.82) is 0 Å². The highest BCUT2D eigenvalue weighted by Crippen LogP contribution is 2.22. The Hall–Kier alpha value is -0.210. The molecule has 0 bridgehead atoms. The Balaban J connectivity index is 2.81. The molecule has 0 saturated heterocycles. The molecule has 1 N–H and O–H groups in total. The van der Waals surface area contributed by atoms with Gasteiger partial charge in [0.2, 0.25) is 0 Å². The molecule has 0 spiro atoms. The fourth-order valence-corrected chi connectivity index (χ4v) is 1.44. The van der Waals surface area contributed by atoms with Crippen molar-refractivity contribution in [2.45, 2.75) is 25.2 Å². The predicted octanol–water partition coefficient (Wildman–Crippen LogP) is 4.19. The molecule has 0 saturated carbocycles. The van der Waals surface area contributed by atoms with Gasteiger partial charge in [-0.15, -0.1) is 0 Å². The first-order valence-corrected chi connectivity index (χ1v) is 5.59. The zero-order valence-corrected chi connectivity index (χ0v) is 10.1. The maximum atomic E-state index is 5.89. The monoisotopic (exact) mass is 261 g/mol. The van der Waals surface area contributed by atoms with Gasteiger partial charge in [-0.3, -0.25) is 0 Å². The first kappa shape index (κ1) is 10.9. The van der Waals surface area contributed by atoms with E-state index in [1.165, 1.54) is 5.56 Å². The summed E-state index contributed by atoms with van der Waals surface area (Å²) in [6.07, 6.45) is 1.03. The predicted molar refractivity (Wildman–Crippen MR) is 62.8 cm³/mol. The van der Waals surface area contributed by atoms with Crippen molar-refractivity contribution in [2.24, 2.45) is 0 Å². The van der Waals surface area contributed by atoms with Gasteiger partial charge in [0.05, 0.1) is 4.95 Å². The Kier molecular flexibility index (Phi) is 4.07. The zero-order valence-electron chi connectivity index (χ0n) is 7.77. The molecule has 1 nitrogen and oxygen atoms in total. The number of nitrogens with one attached hydrogen (secondary N) is 1. The highest BCUT2D eigenvalue weighted by atomic mass is 79.9. The highest BCUT2D eigenvalue weighted by Gasteiger charge is 2.03. The normalized spacial score (nSPS) is 12.6. The standard InChI is InChI=1S/C10H13BrClN/c1-3-10(11)13-9-6-8(12)5-4-7(9)2/h4-6,10,13H,3H2,1-2H3. The lowest BCUT2D eigenvalue weighted by atomic mass is 10.2. The number of alkyl halides is 1. The van der Waals surface area contributed by atoms with E-state index in [-0.39, 0.29) is 0 Å². The summed E-state index contributed by atoms with van der Waals surface area (Å²) < 4.78 is 0. The van der Waals surface area contributed by atoms with Gasteiger partial charge in [-0.1, -0.05) is 40.5 Å². The van der Waals surface area contributed by atoms with E-state index in [1.54, 1.807) is 0 Å². The van der Waals surface area contributed by atoms with Crippen LogP contribution in [-0.2, 0) is 0 Å². The average molecular weight is 263 g/mol. The van der Waals surface area contributed by atoms with Crippen molar-refractivity contribution in [1.82, 2.24) is 0 Å². The molecular formula is C10H13BrClN. The summed E-state index contributed by atoms with van der Waals surface area (Å²) in [5, 5.41) is 4.10. The molecule has 1 atom stereocenters. The van der Waals surface area contributed by atoms with Crippen molar-refractivity contribution in [3.05, 3.63) is 28.8 Å². The number of aryl methyl sites for hydroxylation is 1. The first-order valence-electron chi connectivity index (χ1n) is 4.30. The Morgan fingerprint density at radius 1 is 1.54 bits per heavy atom. The molecule has 0 aliphatic carbocycles. The third-order valence-corrected chi connectivity index (χ3v) is 2.98. The molecular weight excluding hydrogens is 249 g/mol. The van der Waals surface area contributed by atoms with Crippen LogP contribution in [0, 0.1) is 6.92 Å². The quantitative estimate of drug-likeness (QED) is 0.636. The Morgan fingerprint density at radius 2 is 2.23 bits per heavy atom. The summed E-state index contributed by atoms with van der Waals surface area (Å²) in [7, 11) is 0. The van der Waals surface area contributed by atoms with E-state index >= 15 is 0 Å². The summed E-state index contributed by atoms with van der Waals surface area (Å²) in [5.74, 6) is 0. The fraction of sp³-hybridized carbons (Fsp3) is 0.400. The molecule has 1 aromatic carbocycles. The van der Waals surface area contributed by atoms with Crippen LogP contribution in [0.3, 0.4) is 0 Å². The van der Waals surface area contributed by atoms with Gasteiger partial charge < -0.3 is 5.32 Å². The molecule has 0 amide bonds. The molecule has 0 aromatic heterocycles. The van der Waals surface area contributed by atoms with Gasteiger partial charge >= 0.3 is 0 Å². The average Bonchev–Trinajstić information content (AvgIpc) is 2.11. The van der Waals surface area contributed by atoms with E-state index in [4.69, 9.17) is 11.6 Å². The summed E-state index contributed by atoms with van der Waals surface area (Å²) in [6, 6.07) is 5.86. The maximum Gasteiger partial charge on any atom is 0.0815 e. The minimum atomic E-state index is 0.310. The van der Waals surface area contributed by atoms with Crippen molar-refractivity contribution in [3.8, 4) is 0 Å². The smallest absolute Gasteiger partial charge is 0.0815 e. The van der Waals surface area contributed by atoms with Crippen LogP contribution in [0.15, 0.2) is 18.2 Å². The van der Waals surface area contributed by atoms with Crippen LogP contribution in [0.5, 0.6) is 0 Å². The molecule has 0 fully saturated rings. The molecule has 1 unspecified atom stereocenters. The molecule has 0 radical (unpaired) electrons. The van der Waals surface area contributed by atoms with Crippen LogP contribution >= 0.6 is 27.5 Å². The molecule has 0 aliphatic heterocycles. The molecule has 1 rings (SSSR count). The minimum Gasteiger partial charge on any atom is -0.372 e. The third-order valence-electron chi connectivity index (χ3n) is 1.87. The first-order chi connectivity index (χ1) is 6.13. The molecule has 72 valence electrons. The van der Waals surface area contributed by atoms with Crippen molar-refractivity contribution < 1.29 is 0 Å². The second-order valence-corrected chi connectivity index (χ2v) is 4.52. The van der Waals surface area contributed by atoms with E-state index in [9.17, 15) is 0 Å². The van der Waals surface area contributed by atoms with Crippen LogP contribution in [-0.4, -0.2) is 4.95 Å². The molecule has 0 heterocycles. The maximum absolute atomic E-state index is 5.89. The van der Waals surface area contributed by atoms with E-state index in [1.807, 2.05) is 18.2 Å². The summed E-state index contributed by atoms with van der Waals surface area (Å²) >= 11 is 9.41. The number of benzene rings is 1. The number of hydrogen-bond donors (Lipinski definition) is 1. The molecule has 0 aliphatic rings. The lowest BCUT2D eigenvalue weighted by molar-refractivity contribution is 0.932. The Bertz CT molecular complexity index is 288. The summed E-state index contributed by atoms with van der Waals surface area (Å²) in [6.45, 7) is 4.18. The van der Waals surface area contributed by atoms with E-state index in [0.29, 0.717) is 4.95 Å². The van der Waals surface area contributed by atoms with Crippen molar-refractivity contribution in [2.75, 3.05) is 5.32 Å². The minimum absolute atomic E-state index is 0.310. The molecule has 3 heteroatoms. The van der Waals surface area contributed by atoms with Crippen LogP contribution in [0.25, 0.3) is 0 Å².